The molecular weight excluding hydrogens is 180 g/mol. The van der Waals surface area contributed by atoms with E-state index in [-0.39, 0.29) is 23.9 Å². The Balaban J connectivity index is 2.37. The number of hydrogen-bond donors (Lipinski definition) is 0. The van der Waals surface area contributed by atoms with Crippen molar-refractivity contribution in [3.63, 3.8) is 0 Å². The molecule has 0 aliphatic heterocycles. The van der Waals surface area contributed by atoms with E-state index in [0.717, 1.165) is 0 Å². The molecule has 2 rings (SSSR count). The van der Waals surface area contributed by atoms with Crippen LogP contribution in [0.5, 0.6) is 0 Å². The van der Waals surface area contributed by atoms with Crippen LogP contribution in [0.4, 0.5) is 0 Å². The Hall–Kier alpha value is -1.64. The molecule has 3 heteroatoms. The number of Topliss-reactive ketones (excluding diaryl/α,β-unsaturated/α-hetero) is 1. The fourth-order valence-corrected chi connectivity index (χ4v) is 1.69. The summed E-state index contributed by atoms with van der Waals surface area (Å²) in [6.07, 6.45) is 3.33. The maximum absolute atomic E-state index is 11.3. The van der Waals surface area contributed by atoms with Crippen LogP contribution < -0.4 is 0 Å². The third-order valence-corrected chi connectivity index (χ3v) is 2.39. The minimum Gasteiger partial charge on any atom is -0.465 e. The van der Waals surface area contributed by atoms with Gasteiger partial charge < -0.3 is 4.42 Å². The first-order valence-corrected chi connectivity index (χ1v) is 4.47. The molecular formula is C11H10O3. The van der Waals surface area contributed by atoms with Gasteiger partial charge in [-0.1, -0.05) is 0 Å². The minimum absolute atomic E-state index is 0.00315. The first kappa shape index (κ1) is 8.94. The Morgan fingerprint density at radius 2 is 2.36 bits per heavy atom. The van der Waals surface area contributed by atoms with E-state index in [2.05, 4.69) is 0 Å². The van der Waals surface area contributed by atoms with E-state index < -0.39 is 0 Å². The Kier molecular flexibility index (Phi) is 2.08. The average molecular weight is 190 g/mol. The summed E-state index contributed by atoms with van der Waals surface area (Å²) in [5.74, 6) is 0.319. The molecule has 0 saturated heterocycles. The average Bonchev–Trinajstić information content (AvgIpc) is 2.70. The second-order valence-corrected chi connectivity index (χ2v) is 3.41. The third kappa shape index (κ3) is 1.41. The standard InChI is InChI=1S/C11H10O3/c1-7(12)9-5-8(13)6-10(9)11-3-2-4-14-11/h2-4,6,9H,5H2,1H3. The molecule has 1 aromatic rings. The Morgan fingerprint density at radius 3 is 2.93 bits per heavy atom. The topological polar surface area (TPSA) is 47.3 Å². The number of ketones is 2. The first-order valence-electron chi connectivity index (χ1n) is 4.47. The second-order valence-electron chi connectivity index (χ2n) is 3.41. The normalized spacial score (nSPS) is 21.1. The minimum atomic E-state index is -0.311. The van der Waals surface area contributed by atoms with Gasteiger partial charge in [-0.3, -0.25) is 9.59 Å². The molecule has 1 heterocycles. The molecule has 14 heavy (non-hydrogen) atoms. The van der Waals surface area contributed by atoms with Crippen LogP contribution in [0.1, 0.15) is 19.1 Å². The van der Waals surface area contributed by atoms with Crippen molar-refractivity contribution in [2.45, 2.75) is 13.3 Å². The third-order valence-electron chi connectivity index (χ3n) is 2.39. The van der Waals surface area contributed by atoms with Crippen molar-refractivity contribution < 1.29 is 14.0 Å². The van der Waals surface area contributed by atoms with E-state index in [1.54, 1.807) is 12.1 Å². The predicted octanol–water partition coefficient (Wildman–Crippen LogP) is 1.84. The number of hydrogen-bond acceptors (Lipinski definition) is 3. The molecule has 72 valence electrons. The van der Waals surface area contributed by atoms with Gasteiger partial charge >= 0.3 is 0 Å². The molecule has 0 spiro atoms. The highest BCUT2D eigenvalue weighted by Gasteiger charge is 2.30. The van der Waals surface area contributed by atoms with Crippen LogP contribution in [-0.4, -0.2) is 11.6 Å². The van der Waals surface area contributed by atoms with E-state index in [9.17, 15) is 9.59 Å². The number of allylic oxidation sites excluding steroid dienone is 2. The number of carbonyl (C=O) groups excluding carboxylic acids is 2. The molecule has 0 radical (unpaired) electrons. The highest BCUT2D eigenvalue weighted by Crippen LogP contribution is 2.32. The summed E-state index contributed by atoms with van der Waals surface area (Å²) in [4.78, 5) is 22.5. The zero-order valence-electron chi connectivity index (χ0n) is 7.82. The van der Waals surface area contributed by atoms with Gasteiger partial charge in [0.25, 0.3) is 0 Å². The summed E-state index contributed by atoms with van der Waals surface area (Å²) < 4.78 is 5.17. The van der Waals surface area contributed by atoms with Gasteiger partial charge in [-0.2, -0.15) is 0 Å². The molecule has 0 aromatic carbocycles. The van der Waals surface area contributed by atoms with Gasteiger partial charge in [0.1, 0.15) is 11.5 Å². The van der Waals surface area contributed by atoms with Crippen LogP contribution >= 0.6 is 0 Å². The molecule has 0 N–H and O–H groups in total. The lowest BCUT2D eigenvalue weighted by Crippen LogP contribution is -2.10. The molecule has 0 amide bonds. The van der Waals surface area contributed by atoms with Gasteiger partial charge in [-0.15, -0.1) is 0 Å². The smallest absolute Gasteiger partial charge is 0.157 e. The summed E-state index contributed by atoms with van der Waals surface area (Å²) in [7, 11) is 0. The highest BCUT2D eigenvalue weighted by atomic mass is 16.3. The first-order chi connectivity index (χ1) is 6.68. The van der Waals surface area contributed by atoms with Gasteiger partial charge in [0.15, 0.2) is 5.78 Å². The van der Waals surface area contributed by atoms with Gasteiger partial charge in [0.2, 0.25) is 0 Å². The van der Waals surface area contributed by atoms with Crippen LogP contribution in [0.2, 0.25) is 0 Å². The van der Waals surface area contributed by atoms with Crippen molar-refractivity contribution in [1.82, 2.24) is 0 Å². The van der Waals surface area contributed by atoms with Gasteiger partial charge in [0, 0.05) is 12.0 Å². The van der Waals surface area contributed by atoms with Gasteiger partial charge in [0.05, 0.1) is 12.2 Å². The maximum Gasteiger partial charge on any atom is 0.157 e. The van der Waals surface area contributed by atoms with E-state index in [1.807, 2.05) is 0 Å². The van der Waals surface area contributed by atoms with Crippen LogP contribution in [0.3, 0.4) is 0 Å². The lowest BCUT2D eigenvalue weighted by Gasteiger charge is -2.07. The fraction of sp³-hybridized carbons (Fsp3) is 0.273. The molecule has 0 fully saturated rings. The van der Waals surface area contributed by atoms with Crippen molar-refractivity contribution in [2.75, 3.05) is 0 Å². The van der Waals surface area contributed by atoms with E-state index in [4.69, 9.17) is 4.42 Å². The molecule has 0 bridgehead atoms. The summed E-state index contributed by atoms with van der Waals surface area (Å²) in [6, 6.07) is 3.51. The van der Waals surface area contributed by atoms with Gasteiger partial charge in [-0.05, 0) is 25.1 Å². The summed E-state index contributed by atoms with van der Waals surface area (Å²) in [6.45, 7) is 1.50. The van der Waals surface area contributed by atoms with Crippen molar-refractivity contribution in [3.8, 4) is 0 Å². The number of furan rings is 1. The molecule has 3 nitrogen and oxygen atoms in total. The molecule has 1 aromatic heterocycles. The Morgan fingerprint density at radius 1 is 1.57 bits per heavy atom. The summed E-state index contributed by atoms with van der Waals surface area (Å²) in [5.41, 5.74) is 0.715. The van der Waals surface area contributed by atoms with Crippen molar-refractivity contribution in [2.24, 2.45) is 5.92 Å². The predicted molar refractivity (Wildman–Crippen MR) is 50.5 cm³/mol. The second kappa shape index (κ2) is 3.25. The number of rotatable bonds is 2. The van der Waals surface area contributed by atoms with E-state index >= 15 is 0 Å². The largest absolute Gasteiger partial charge is 0.465 e. The van der Waals surface area contributed by atoms with Crippen LogP contribution in [-0.2, 0) is 9.59 Å². The zero-order chi connectivity index (χ0) is 10.1. The lowest BCUT2D eigenvalue weighted by molar-refractivity contribution is -0.122. The van der Waals surface area contributed by atoms with Crippen molar-refractivity contribution in [3.05, 3.63) is 30.2 Å². The fourth-order valence-electron chi connectivity index (χ4n) is 1.69. The monoisotopic (exact) mass is 190 g/mol. The maximum atomic E-state index is 11.3. The van der Waals surface area contributed by atoms with Crippen LogP contribution in [0.25, 0.3) is 5.57 Å². The molecule has 1 unspecified atom stereocenters. The Bertz CT molecular complexity index is 398. The van der Waals surface area contributed by atoms with Crippen LogP contribution in [0, 0.1) is 5.92 Å². The van der Waals surface area contributed by atoms with Crippen molar-refractivity contribution in [1.29, 1.82) is 0 Å². The van der Waals surface area contributed by atoms with Gasteiger partial charge in [-0.25, -0.2) is 0 Å². The molecule has 0 saturated carbocycles. The van der Waals surface area contributed by atoms with Crippen LogP contribution in [0.15, 0.2) is 28.9 Å². The molecule has 1 atom stereocenters. The van der Waals surface area contributed by atoms with E-state index in [0.29, 0.717) is 11.3 Å². The molecule has 1 aliphatic carbocycles. The summed E-state index contributed by atoms with van der Waals surface area (Å²) in [5, 5.41) is 0. The molecule has 1 aliphatic rings. The zero-order valence-corrected chi connectivity index (χ0v) is 7.82. The summed E-state index contributed by atoms with van der Waals surface area (Å²) >= 11 is 0. The van der Waals surface area contributed by atoms with E-state index in [1.165, 1.54) is 19.3 Å². The lowest BCUT2D eigenvalue weighted by atomic mass is 9.96. The van der Waals surface area contributed by atoms with Crippen molar-refractivity contribution >= 4 is 17.1 Å². The SMILES string of the molecule is CC(=O)C1CC(=O)C=C1c1ccco1. The highest BCUT2D eigenvalue weighted by molar-refractivity contribution is 6.09. The quantitative estimate of drug-likeness (QED) is 0.714. The Labute approximate surface area is 81.4 Å². The number of carbonyl (C=O) groups is 2.